The highest BCUT2D eigenvalue weighted by Crippen LogP contribution is 2.27. The molecule has 0 aliphatic heterocycles. The van der Waals surface area contributed by atoms with Gasteiger partial charge in [0.2, 0.25) is 0 Å². The first-order valence-corrected chi connectivity index (χ1v) is 9.29. The van der Waals surface area contributed by atoms with Crippen LogP contribution < -0.4 is 10.5 Å². The van der Waals surface area contributed by atoms with Gasteiger partial charge in [0.15, 0.2) is 17.2 Å². The molecule has 3 rings (SSSR count). The number of halogens is 4. The van der Waals surface area contributed by atoms with Crippen molar-refractivity contribution in [2.75, 3.05) is 6.54 Å². The van der Waals surface area contributed by atoms with E-state index in [0.717, 1.165) is 12.1 Å². The van der Waals surface area contributed by atoms with E-state index < -0.39 is 42.7 Å². The van der Waals surface area contributed by atoms with Gasteiger partial charge in [-0.15, -0.1) is 0 Å². The van der Waals surface area contributed by atoms with Crippen molar-refractivity contribution in [1.29, 1.82) is 0 Å². The molecule has 9 heteroatoms. The molecule has 2 N–H and O–H groups in total. The first-order valence-electron chi connectivity index (χ1n) is 9.29. The van der Waals surface area contributed by atoms with Gasteiger partial charge < -0.3 is 10.5 Å². The van der Waals surface area contributed by atoms with Crippen molar-refractivity contribution in [3.63, 3.8) is 0 Å². The number of alkyl halides is 2. The Kier molecular flexibility index (Phi) is 6.12. The number of ether oxygens (including phenoxy) is 1. The third-order valence-corrected chi connectivity index (χ3v) is 4.71. The van der Waals surface area contributed by atoms with Gasteiger partial charge >= 0.3 is 0 Å². The highest BCUT2D eigenvalue weighted by molar-refractivity contribution is 5.96. The van der Waals surface area contributed by atoms with Gasteiger partial charge in [0.25, 0.3) is 5.92 Å². The monoisotopic (exact) mass is 423 g/mol. The molecule has 5 nitrogen and oxygen atoms in total. The predicted molar refractivity (Wildman–Crippen MR) is 103 cm³/mol. The largest absolute Gasteiger partial charge is 0.485 e. The molecule has 0 fully saturated rings. The highest BCUT2D eigenvalue weighted by Gasteiger charge is 2.29. The van der Waals surface area contributed by atoms with Crippen molar-refractivity contribution >= 4 is 11.4 Å². The number of imidazole rings is 1. The molecular weight excluding hydrogens is 402 g/mol. The number of Topliss-reactive ketones (excluding diaryl/α,β-unsaturated/α-hetero) is 1. The molecule has 3 aromatic rings. The van der Waals surface area contributed by atoms with Gasteiger partial charge in [-0.05, 0) is 37.6 Å². The number of ketones is 1. The number of hydrogen-bond donors (Lipinski definition) is 1. The minimum absolute atomic E-state index is 0.156. The third-order valence-electron chi connectivity index (χ3n) is 4.71. The summed E-state index contributed by atoms with van der Waals surface area (Å²) in [6, 6.07) is 5.13. The minimum atomic E-state index is -3.13. The Hall–Kier alpha value is -2.94. The van der Waals surface area contributed by atoms with Crippen LogP contribution in [0.15, 0.2) is 30.5 Å². The molecule has 0 bridgehead atoms. The SMILES string of the molecule is Cc1cc(OCc2c(F)cccc2F)c2nc(C)c(C(=O)CCC(F)(F)CN)n2c1. The summed E-state index contributed by atoms with van der Waals surface area (Å²) < 4.78 is 61.7. The molecule has 2 aromatic heterocycles. The van der Waals surface area contributed by atoms with Crippen molar-refractivity contribution in [1.82, 2.24) is 9.38 Å². The Labute approximate surface area is 170 Å². The molecule has 0 aliphatic carbocycles. The molecule has 160 valence electrons. The van der Waals surface area contributed by atoms with Crippen LogP contribution in [0.4, 0.5) is 17.6 Å². The average Bonchev–Trinajstić information content (AvgIpc) is 3.01. The highest BCUT2D eigenvalue weighted by atomic mass is 19.3. The Balaban J connectivity index is 1.93. The molecule has 0 saturated heterocycles. The lowest BCUT2D eigenvalue weighted by Crippen LogP contribution is -2.28. The Morgan fingerprint density at radius 2 is 1.90 bits per heavy atom. The number of pyridine rings is 1. The van der Waals surface area contributed by atoms with Gasteiger partial charge in [-0.3, -0.25) is 9.20 Å². The van der Waals surface area contributed by atoms with Crippen LogP contribution in [0.25, 0.3) is 5.65 Å². The van der Waals surface area contributed by atoms with Crippen molar-refractivity contribution in [3.05, 3.63) is 64.6 Å². The van der Waals surface area contributed by atoms with Crippen LogP contribution in [0.1, 0.15) is 40.2 Å². The van der Waals surface area contributed by atoms with Crippen LogP contribution in [0, 0.1) is 25.5 Å². The summed E-state index contributed by atoms with van der Waals surface area (Å²) in [4.78, 5) is 16.9. The summed E-state index contributed by atoms with van der Waals surface area (Å²) in [5.41, 5.74) is 6.22. The normalized spacial score (nSPS) is 11.8. The van der Waals surface area contributed by atoms with Crippen LogP contribution in [0.5, 0.6) is 5.75 Å². The van der Waals surface area contributed by atoms with E-state index in [9.17, 15) is 22.4 Å². The van der Waals surface area contributed by atoms with Crippen LogP contribution in [0.2, 0.25) is 0 Å². The maximum atomic E-state index is 13.9. The third kappa shape index (κ3) is 4.46. The van der Waals surface area contributed by atoms with Gasteiger partial charge in [0, 0.05) is 19.0 Å². The van der Waals surface area contributed by atoms with E-state index in [1.807, 2.05) is 0 Å². The van der Waals surface area contributed by atoms with Gasteiger partial charge in [0.05, 0.1) is 17.8 Å². The van der Waals surface area contributed by atoms with Crippen molar-refractivity contribution in [2.45, 2.75) is 39.2 Å². The van der Waals surface area contributed by atoms with E-state index in [1.54, 1.807) is 26.1 Å². The number of nitrogens with zero attached hydrogens (tertiary/aromatic N) is 2. The van der Waals surface area contributed by atoms with E-state index in [4.69, 9.17) is 10.5 Å². The zero-order valence-electron chi connectivity index (χ0n) is 16.5. The quantitative estimate of drug-likeness (QED) is 0.432. The molecule has 2 heterocycles. The van der Waals surface area contributed by atoms with E-state index in [-0.39, 0.29) is 29.3 Å². The summed E-state index contributed by atoms with van der Waals surface area (Å²) in [5, 5.41) is 0. The Morgan fingerprint density at radius 3 is 2.53 bits per heavy atom. The van der Waals surface area contributed by atoms with E-state index >= 15 is 0 Å². The average molecular weight is 423 g/mol. The number of aryl methyl sites for hydroxylation is 2. The number of fused-ring (bicyclic) bond motifs is 1. The second kappa shape index (κ2) is 8.43. The van der Waals surface area contributed by atoms with Crippen molar-refractivity contribution < 1.29 is 27.1 Å². The van der Waals surface area contributed by atoms with E-state index in [2.05, 4.69) is 4.98 Å². The zero-order valence-corrected chi connectivity index (χ0v) is 16.5. The number of rotatable bonds is 8. The van der Waals surface area contributed by atoms with E-state index in [0.29, 0.717) is 11.3 Å². The number of aromatic nitrogens is 2. The molecule has 30 heavy (non-hydrogen) atoms. The number of benzene rings is 1. The maximum Gasteiger partial charge on any atom is 0.260 e. The second-order valence-electron chi connectivity index (χ2n) is 7.09. The van der Waals surface area contributed by atoms with Gasteiger partial charge in [-0.25, -0.2) is 22.5 Å². The molecule has 0 saturated carbocycles. The smallest absolute Gasteiger partial charge is 0.260 e. The fourth-order valence-electron chi connectivity index (χ4n) is 3.14. The lowest BCUT2D eigenvalue weighted by Gasteiger charge is -2.13. The second-order valence-corrected chi connectivity index (χ2v) is 7.09. The molecule has 0 amide bonds. The van der Waals surface area contributed by atoms with Crippen LogP contribution >= 0.6 is 0 Å². The molecule has 0 radical (unpaired) electrons. The summed E-state index contributed by atoms with van der Waals surface area (Å²) in [6.07, 6.45) is 0.556. The van der Waals surface area contributed by atoms with Gasteiger partial charge in [0.1, 0.15) is 23.9 Å². The summed E-state index contributed by atoms with van der Waals surface area (Å²) in [5.74, 6) is -4.90. The first-order chi connectivity index (χ1) is 14.1. The lowest BCUT2D eigenvalue weighted by atomic mass is 10.1. The first kappa shape index (κ1) is 21.8. The summed E-state index contributed by atoms with van der Waals surface area (Å²) in [6.45, 7) is 2.10. The fourth-order valence-corrected chi connectivity index (χ4v) is 3.14. The maximum absolute atomic E-state index is 13.9. The lowest BCUT2D eigenvalue weighted by molar-refractivity contribution is 0.000908. The minimum Gasteiger partial charge on any atom is -0.485 e. The molecule has 0 spiro atoms. The molecule has 1 aromatic carbocycles. The molecule has 0 atom stereocenters. The van der Waals surface area contributed by atoms with E-state index in [1.165, 1.54) is 10.5 Å². The number of nitrogens with two attached hydrogens (primary N) is 1. The Bertz CT molecular complexity index is 1080. The Morgan fingerprint density at radius 1 is 1.23 bits per heavy atom. The van der Waals surface area contributed by atoms with Crippen molar-refractivity contribution in [3.8, 4) is 5.75 Å². The molecular formula is C21H21F4N3O2. The number of hydrogen-bond acceptors (Lipinski definition) is 4. The topological polar surface area (TPSA) is 69.6 Å². The van der Waals surface area contributed by atoms with Gasteiger partial charge in [-0.1, -0.05) is 6.07 Å². The zero-order chi connectivity index (χ0) is 22.1. The van der Waals surface area contributed by atoms with Crippen LogP contribution in [-0.2, 0) is 6.61 Å². The number of carbonyl (C=O) groups excluding carboxylic acids is 1. The van der Waals surface area contributed by atoms with Crippen molar-refractivity contribution in [2.24, 2.45) is 5.73 Å². The van der Waals surface area contributed by atoms with Crippen LogP contribution in [0.3, 0.4) is 0 Å². The fraction of sp³-hybridized carbons (Fsp3) is 0.333. The predicted octanol–water partition coefficient (Wildman–Crippen LogP) is 4.37. The molecule has 0 aliphatic rings. The number of carbonyl (C=O) groups is 1. The standard InChI is InChI=1S/C21H21F4N3O2/c1-12-8-18(30-10-14-15(22)4-3-5-16(14)23)20-27-13(2)19(28(20)9-12)17(29)6-7-21(24,25)11-26/h3-5,8-9H,6-7,10-11,26H2,1-2H3. The van der Waals surface area contributed by atoms with Gasteiger partial charge in [-0.2, -0.15) is 0 Å². The summed E-state index contributed by atoms with van der Waals surface area (Å²) >= 11 is 0. The summed E-state index contributed by atoms with van der Waals surface area (Å²) in [7, 11) is 0. The molecule has 0 unspecified atom stereocenters. The van der Waals surface area contributed by atoms with Crippen LogP contribution in [-0.4, -0.2) is 27.6 Å².